The summed E-state index contributed by atoms with van der Waals surface area (Å²) in [5.41, 5.74) is -0.839. The van der Waals surface area contributed by atoms with Crippen LogP contribution in [0.4, 0.5) is 0 Å². The summed E-state index contributed by atoms with van der Waals surface area (Å²) in [6, 6.07) is 0. The lowest BCUT2D eigenvalue weighted by molar-refractivity contribution is -0.194. The van der Waals surface area contributed by atoms with E-state index in [4.69, 9.17) is 14.6 Å². The molecule has 0 bridgehead atoms. The molecule has 3 atom stereocenters. The minimum absolute atomic E-state index is 0.839. The third kappa shape index (κ3) is 8.68. The molecule has 10 heteroatoms. The molecule has 0 heterocycles. The molecule has 25 heavy (non-hydrogen) atoms. The van der Waals surface area contributed by atoms with Crippen LogP contribution in [0.1, 0.15) is 41.5 Å². The number of carbonyl (C=O) groups is 5. The highest BCUT2D eigenvalue weighted by Crippen LogP contribution is 2.13. The van der Waals surface area contributed by atoms with Crippen molar-refractivity contribution >= 4 is 29.8 Å². The van der Waals surface area contributed by atoms with Crippen molar-refractivity contribution in [1.29, 1.82) is 0 Å². The summed E-state index contributed by atoms with van der Waals surface area (Å²) in [6.07, 6.45) is -5.61. The quantitative estimate of drug-likeness (QED) is 0.493. The fourth-order valence-electron chi connectivity index (χ4n) is 1.51. The van der Waals surface area contributed by atoms with Crippen molar-refractivity contribution in [2.24, 2.45) is 0 Å². The molecule has 1 N–H and O–H groups in total. The average molecular weight is 362 g/mol. The fraction of sp³-hybridized carbons (Fsp3) is 0.667. The summed E-state index contributed by atoms with van der Waals surface area (Å²) in [5, 5.41) is 9.08. The smallest absolute Gasteiger partial charge is 0.352 e. The van der Waals surface area contributed by atoms with Crippen LogP contribution in [0.5, 0.6) is 0 Å². The van der Waals surface area contributed by atoms with E-state index < -0.39 is 53.8 Å². The van der Waals surface area contributed by atoms with Gasteiger partial charge in [-0.3, -0.25) is 9.59 Å². The topological polar surface area (TPSA) is 142 Å². The number of carbonyl (C=O) groups excluding carboxylic acids is 4. The summed E-state index contributed by atoms with van der Waals surface area (Å²) in [7, 11) is 0. The van der Waals surface area contributed by atoms with Gasteiger partial charge in [0, 0.05) is 13.8 Å². The largest absolute Gasteiger partial charge is 0.478 e. The first kappa shape index (κ1) is 22.4. The second kappa shape index (κ2) is 9.00. The first-order valence-corrected chi connectivity index (χ1v) is 7.25. The molecule has 0 aromatic rings. The zero-order chi connectivity index (χ0) is 19.9. The predicted octanol–water partition coefficient (Wildman–Crippen LogP) is 0.208. The van der Waals surface area contributed by atoms with Crippen LogP contribution >= 0.6 is 0 Å². The van der Waals surface area contributed by atoms with E-state index in [2.05, 4.69) is 9.47 Å². The van der Waals surface area contributed by atoms with Crippen molar-refractivity contribution < 1.29 is 48.0 Å². The lowest BCUT2D eigenvalue weighted by atomic mass is 10.2. The summed E-state index contributed by atoms with van der Waals surface area (Å²) in [5.74, 6) is -6.02. The Balaban J connectivity index is 5.29. The lowest BCUT2D eigenvalue weighted by Gasteiger charge is -2.25. The van der Waals surface area contributed by atoms with Gasteiger partial charge >= 0.3 is 29.8 Å². The molecule has 0 amide bonds. The molecule has 142 valence electrons. The lowest BCUT2D eigenvalue weighted by Crippen LogP contribution is -2.47. The van der Waals surface area contributed by atoms with Crippen LogP contribution in [0.3, 0.4) is 0 Å². The van der Waals surface area contributed by atoms with Gasteiger partial charge in [-0.25, -0.2) is 14.4 Å². The van der Waals surface area contributed by atoms with Gasteiger partial charge in [-0.05, 0) is 27.7 Å². The average Bonchev–Trinajstić information content (AvgIpc) is 2.39. The molecular formula is C15H22O10. The van der Waals surface area contributed by atoms with Crippen LogP contribution in [0.25, 0.3) is 0 Å². The Morgan fingerprint density at radius 1 is 0.800 bits per heavy atom. The van der Waals surface area contributed by atoms with E-state index in [9.17, 15) is 24.0 Å². The molecule has 0 aromatic heterocycles. The van der Waals surface area contributed by atoms with Gasteiger partial charge in [-0.2, -0.15) is 0 Å². The Kier molecular flexibility index (Phi) is 8.04. The van der Waals surface area contributed by atoms with Crippen LogP contribution in [0.15, 0.2) is 0 Å². The van der Waals surface area contributed by atoms with E-state index in [1.54, 1.807) is 20.8 Å². The zero-order valence-corrected chi connectivity index (χ0v) is 14.9. The normalized spacial score (nSPS) is 14.5. The van der Waals surface area contributed by atoms with E-state index in [1.165, 1.54) is 6.92 Å². The maximum Gasteiger partial charge on any atom is 0.352 e. The molecule has 0 rings (SSSR count). The maximum absolute atomic E-state index is 12.1. The van der Waals surface area contributed by atoms with Gasteiger partial charge in [0.05, 0.1) is 0 Å². The molecular weight excluding hydrogens is 340 g/mol. The highest BCUT2D eigenvalue weighted by atomic mass is 16.6. The van der Waals surface area contributed by atoms with Gasteiger partial charge < -0.3 is 24.1 Å². The minimum Gasteiger partial charge on any atom is -0.478 e. The second-order valence-electron chi connectivity index (χ2n) is 6.01. The van der Waals surface area contributed by atoms with E-state index in [0.717, 1.165) is 13.8 Å². The summed E-state index contributed by atoms with van der Waals surface area (Å²) in [4.78, 5) is 57.3. The van der Waals surface area contributed by atoms with Gasteiger partial charge in [-0.1, -0.05) is 0 Å². The van der Waals surface area contributed by atoms with Crippen molar-refractivity contribution in [2.75, 3.05) is 0 Å². The van der Waals surface area contributed by atoms with E-state index in [0.29, 0.717) is 0 Å². The molecule has 0 aromatic carbocycles. The van der Waals surface area contributed by atoms with E-state index in [-0.39, 0.29) is 0 Å². The van der Waals surface area contributed by atoms with Crippen LogP contribution < -0.4 is 0 Å². The number of rotatable bonds is 7. The Bertz CT molecular complexity index is 545. The Morgan fingerprint density at radius 3 is 1.60 bits per heavy atom. The first-order valence-electron chi connectivity index (χ1n) is 7.25. The van der Waals surface area contributed by atoms with Crippen molar-refractivity contribution in [3.05, 3.63) is 0 Å². The highest BCUT2D eigenvalue weighted by molar-refractivity contribution is 5.89. The summed E-state index contributed by atoms with van der Waals surface area (Å²) < 4.78 is 18.9. The van der Waals surface area contributed by atoms with Crippen LogP contribution in [-0.4, -0.2) is 58.9 Å². The van der Waals surface area contributed by atoms with Crippen molar-refractivity contribution in [3.63, 3.8) is 0 Å². The van der Waals surface area contributed by atoms with Gasteiger partial charge in [0.15, 0.2) is 6.10 Å². The summed E-state index contributed by atoms with van der Waals surface area (Å²) in [6.45, 7) is 7.82. The number of carboxylic acid groups (broad SMARTS) is 1. The maximum atomic E-state index is 12.1. The van der Waals surface area contributed by atoms with Crippen molar-refractivity contribution in [1.82, 2.24) is 0 Å². The van der Waals surface area contributed by atoms with Gasteiger partial charge in [0.1, 0.15) is 5.60 Å². The van der Waals surface area contributed by atoms with Gasteiger partial charge in [0.25, 0.3) is 0 Å². The molecule has 0 saturated heterocycles. The molecule has 0 aliphatic rings. The van der Waals surface area contributed by atoms with Gasteiger partial charge in [-0.15, -0.1) is 0 Å². The predicted molar refractivity (Wildman–Crippen MR) is 80.1 cm³/mol. The molecule has 0 radical (unpaired) electrons. The zero-order valence-electron chi connectivity index (χ0n) is 14.9. The SMILES string of the molecule is CC(=O)O[C@@H](C(=O)O)[C@@H](OC(C)=O)C(=O)OC(C)C(=O)OC(C)(C)C. The van der Waals surface area contributed by atoms with Crippen molar-refractivity contribution in [3.8, 4) is 0 Å². The third-order valence-electron chi connectivity index (χ3n) is 2.37. The number of esters is 4. The fourth-order valence-corrected chi connectivity index (χ4v) is 1.51. The van der Waals surface area contributed by atoms with E-state index >= 15 is 0 Å². The third-order valence-corrected chi connectivity index (χ3v) is 2.37. The van der Waals surface area contributed by atoms with E-state index in [1.807, 2.05) is 0 Å². The molecule has 0 saturated carbocycles. The monoisotopic (exact) mass is 362 g/mol. The Hall–Kier alpha value is -2.65. The Labute approximate surface area is 144 Å². The number of aliphatic carboxylic acids is 1. The number of ether oxygens (including phenoxy) is 4. The number of hydrogen-bond donors (Lipinski definition) is 1. The van der Waals surface area contributed by atoms with Crippen molar-refractivity contribution in [2.45, 2.75) is 65.5 Å². The molecule has 0 spiro atoms. The molecule has 0 fully saturated rings. The second-order valence-corrected chi connectivity index (χ2v) is 6.01. The van der Waals surface area contributed by atoms with Gasteiger partial charge in [0.2, 0.25) is 12.2 Å². The standard InChI is InChI=1S/C15H22O10/c1-7(13(20)25-15(4,5)6)22-14(21)11(24-9(3)17)10(12(18)19)23-8(2)16/h7,10-11H,1-6H3,(H,18,19)/t7?,10-,11-/m1/s1. The number of hydrogen-bond acceptors (Lipinski definition) is 9. The molecule has 1 unspecified atom stereocenters. The Morgan fingerprint density at radius 2 is 1.24 bits per heavy atom. The van der Waals surface area contributed by atoms with Crippen LogP contribution in [0.2, 0.25) is 0 Å². The van der Waals surface area contributed by atoms with Crippen LogP contribution in [-0.2, 0) is 42.9 Å². The summed E-state index contributed by atoms with van der Waals surface area (Å²) >= 11 is 0. The van der Waals surface area contributed by atoms with Crippen LogP contribution in [0, 0.1) is 0 Å². The first-order chi connectivity index (χ1) is 11.2. The minimum atomic E-state index is -2.13. The number of carboxylic acids is 1. The highest BCUT2D eigenvalue weighted by Gasteiger charge is 2.42. The molecule has 0 aliphatic carbocycles. The molecule has 10 nitrogen and oxygen atoms in total. The molecule has 0 aliphatic heterocycles.